The molecule has 0 atom stereocenters. The molecule has 1 fully saturated rings. The Morgan fingerprint density at radius 1 is 1.00 bits per heavy atom. The summed E-state index contributed by atoms with van der Waals surface area (Å²) in [7, 11) is 0. The molecule has 0 unspecified atom stereocenters. The third kappa shape index (κ3) is 5.01. The molecule has 170 valence electrons. The smallest absolute Gasteiger partial charge is 0.154 e. The highest BCUT2D eigenvalue weighted by Crippen LogP contribution is 2.24. The van der Waals surface area contributed by atoms with Crippen molar-refractivity contribution < 1.29 is 0 Å². The molecule has 4 aromatic heterocycles. The van der Waals surface area contributed by atoms with Crippen LogP contribution < -0.4 is 5.32 Å². The first kappa shape index (κ1) is 21.5. The van der Waals surface area contributed by atoms with Crippen molar-refractivity contribution in [1.82, 2.24) is 34.8 Å². The minimum absolute atomic E-state index is 0.387. The lowest BCUT2D eigenvalue weighted by Crippen LogP contribution is -2.45. The summed E-state index contributed by atoms with van der Waals surface area (Å²) in [5.74, 6) is 2.64. The molecule has 0 bridgehead atoms. The second-order valence-electron chi connectivity index (χ2n) is 9.32. The van der Waals surface area contributed by atoms with Crippen LogP contribution in [0.2, 0.25) is 0 Å². The number of hydrogen-bond donors (Lipinski definition) is 1. The molecule has 1 saturated heterocycles. The van der Waals surface area contributed by atoms with E-state index >= 15 is 0 Å². The molecule has 8 nitrogen and oxygen atoms in total. The fourth-order valence-corrected chi connectivity index (χ4v) is 4.23. The minimum atomic E-state index is 0.387. The van der Waals surface area contributed by atoms with Gasteiger partial charge in [0.15, 0.2) is 5.82 Å². The predicted molar refractivity (Wildman–Crippen MR) is 130 cm³/mol. The topological polar surface area (TPSA) is 84.7 Å². The lowest BCUT2D eigenvalue weighted by molar-refractivity contribution is 0.110. The second-order valence-corrected chi connectivity index (χ2v) is 9.32. The molecule has 0 aliphatic carbocycles. The molecule has 1 aliphatic rings. The van der Waals surface area contributed by atoms with Crippen molar-refractivity contribution in [2.75, 3.05) is 25.0 Å². The van der Waals surface area contributed by atoms with E-state index in [1.165, 1.54) is 13.1 Å². The number of anilines is 2. The molecule has 5 rings (SSSR count). The molecule has 0 aromatic carbocycles. The first-order chi connectivity index (χ1) is 16.0. The van der Waals surface area contributed by atoms with Crippen molar-refractivity contribution in [2.24, 2.45) is 5.92 Å². The molecule has 5 heterocycles. The van der Waals surface area contributed by atoms with E-state index in [1.807, 2.05) is 35.3 Å². The lowest BCUT2D eigenvalue weighted by Gasteiger charge is -2.37. The average molecular weight is 443 g/mol. The maximum absolute atomic E-state index is 4.75. The molecule has 0 amide bonds. The predicted octanol–water partition coefficient (Wildman–Crippen LogP) is 4.49. The number of likely N-dealkylation sites (tertiary alicyclic amines) is 1. The van der Waals surface area contributed by atoms with Crippen LogP contribution in [0.1, 0.15) is 38.7 Å². The van der Waals surface area contributed by atoms with Crippen molar-refractivity contribution in [3.63, 3.8) is 0 Å². The number of aryl methyl sites for hydroxylation is 1. The van der Waals surface area contributed by atoms with Gasteiger partial charge in [0.25, 0.3) is 0 Å². The number of nitrogens with one attached hydrogen (secondary N) is 1. The SMILES string of the molecule is CC1CN(CCCn2cc(-c3cnc4ccc(Nc5cc(C(C)C)cnn5)nc4c3)cn2)C1. The van der Waals surface area contributed by atoms with E-state index in [-0.39, 0.29) is 0 Å². The molecule has 33 heavy (non-hydrogen) atoms. The maximum atomic E-state index is 4.75. The molecule has 0 spiro atoms. The van der Waals surface area contributed by atoms with Crippen LogP contribution in [0.3, 0.4) is 0 Å². The molecule has 0 saturated carbocycles. The van der Waals surface area contributed by atoms with Crippen LogP contribution in [0.5, 0.6) is 0 Å². The average Bonchev–Trinajstić information content (AvgIpc) is 3.26. The van der Waals surface area contributed by atoms with E-state index in [4.69, 9.17) is 4.98 Å². The number of fused-ring (bicyclic) bond motifs is 1. The molecule has 1 N–H and O–H groups in total. The van der Waals surface area contributed by atoms with Crippen LogP contribution in [0.4, 0.5) is 11.6 Å². The summed E-state index contributed by atoms with van der Waals surface area (Å²) in [5.41, 5.74) is 4.87. The first-order valence-electron chi connectivity index (χ1n) is 11.6. The summed E-state index contributed by atoms with van der Waals surface area (Å²) in [5, 5.41) is 16.1. The van der Waals surface area contributed by atoms with Gasteiger partial charge in [-0.15, -0.1) is 5.10 Å². The highest BCUT2D eigenvalue weighted by atomic mass is 15.3. The van der Waals surface area contributed by atoms with Gasteiger partial charge in [0.1, 0.15) is 5.82 Å². The van der Waals surface area contributed by atoms with Gasteiger partial charge < -0.3 is 10.2 Å². The Morgan fingerprint density at radius 2 is 1.88 bits per heavy atom. The van der Waals surface area contributed by atoms with Crippen molar-refractivity contribution in [3.05, 3.63) is 54.6 Å². The summed E-state index contributed by atoms with van der Waals surface area (Å²) in [6.07, 6.45) is 8.80. The number of nitrogens with zero attached hydrogens (tertiary/aromatic N) is 7. The van der Waals surface area contributed by atoms with Crippen LogP contribution in [-0.4, -0.2) is 54.5 Å². The zero-order chi connectivity index (χ0) is 22.8. The molecule has 0 radical (unpaired) electrons. The number of aromatic nitrogens is 6. The lowest BCUT2D eigenvalue weighted by atomic mass is 10.0. The van der Waals surface area contributed by atoms with Crippen molar-refractivity contribution in [1.29, 1.82) is 0 Å². The fraction of sp³-hybridized carbons (Fsp3) is 0.400. The fourth-order valence-electron chi connectivity index (χ4n) is 4.23. The molecule has 8 heteroatoms. The Hall–Kier alpha value is -3.39. The summed E-state index contributed by atoms with van der Waals surface area (Å²) < 4.78 is 2.02. The molecule has 4 aromatic rings. The van der Waals surface area contributed by atoms with Gasteiger partial charge in [-0.25, -0.2) is 4.98 Å². The van der Waals surface area contributed by atoms with E-state index in [1.54, 1.807) is 6.20 Å². The van der Waals surface area contributed by atoms with Gasteiger partial charge >= 0.3 is 0 Å². The Bertz CT molecular complexity index is 1240. The van der Waals surface area contributed by atoms with E-state index < -0.39 is 0 Å². The van der Waals surface area contributed by atoms with Gasteiger partial charge in [-0.05, 0) is 54.6 Å². The highest BCUT2D eigenvalue weighted by Gasteiger charge is 2.21. The van der Waals surface area contributed by atoms with Crippen LogP contribution in [0.15, 0.2) is 49.1 Å². The third-order valence-electron chi connectivity index (χ3n) is 6.10. The Balaban J connectivity index is 1.29. The summed E-state index contributed by atoms with van der Waals surface area (Å²) >= 11 is 0. The van der Waals surface area contributed by atoms with Crippen LogP contribution in [0.25, 0.3) is 22.2 Å². The number of rotatable bonds is 8. The summed E-state index contributed by atoms with van der Waals surface area (Å²) in [6, 6.07) is 7.95. The number of hydrogen-bond acceptors (Lipinski definition) is 7. The monoisotopic (exact) mass is 442 g/mol. The van der Waals surface area contributed by atoms with E-state index in [2.05, 4.69) is 63.5 Å². The molecular weight excluding hydrogens is 412 g/mol. The second kappa shape index (κ2) is 9.23. The van der Waals surface area contributed by atoms with E-state index in [0.717, 1.165) is 53.2 Å². The van der Waals surface area contributed by atoms with Crippen LogP contribution in [-0.2, 0) is 6.54 Å². The molecular formula is C25H30N8. The van der Waals surface area contributed by atoms with Crippen molar-refractivity contribution >= 4 is 22.7 Å². The standard InChI is InChI=1S/C25H30N8/c1-17(2)19-10-25(31-27-12-19)30-24-6-5-22-23(29-24)9-20(11-26-22)21-13-28-33(16-21)8-4-7-32-14-18(3)15-32/h5-6,9-13,16-18H,4,7-8,14-15H2,1-3H3,(H,29,30,31). The van der Waals surface area contributed by atoms with E-state index in [9.17, 15) is 0 Å². The zero-order valence-corrected chi connectivity index (χ0v) is 19.4. The van der Waals surface area contributed by atoms with Gasteiger partial charge in [-0.1, -0.05) is 20.8 Å². The maximum Gasteiger partial charge on any atom is 0.154 e. The molecule has 1 aliphatic heterocycles. The van der Waals surface area contributed by atoms with Gasteiger partial charge in [-0.3, -0.25) is 9.67 Å². The quantitative estimate of drug-likeness (QED) is 0.430. The summed E-state index contributed by atoms with van der Waals surface area (Å²) in [4.78, 5) is 11.9. The van der Waals surface area contributed by atoms with Crippen LogP contribution >= 0.6 is 0 Å². The zero-order valence-electron chi connectivity index (χ0n) is 19.4. The van der Waals surface area contributed by atoms with Gasteiger partial charge in [0.2, 0.25) is 0 Å². The number of pyridine rings is 2. The summed E-state index contributed by atoms with van der Waals surface area (Å²) in [6.45, 7) is 11.1. The van der Waals surface area contributed by atoms with E-state index in [0.29, 0.717) is 17.6 Å². The minimum Gasteiger partial charge on any atom is -0.323 e. The van der Waals surface area contributed by atoms with Gasteiger partial charge in [0.05, 0.1) is 23.4 Å². The van der Waals surface area contributed by atoms with Crippen molar-refractivity contribution in [3.8, 4) is 11.1 Å². The Morgan fingerprint density at radius 3 is 2.70 bits per heavy atom. The highest BCUT2D eigenvalue weighted by molar-refractivity contribution is 5.81. The van der Waals surface area contributed by atoms with Gasteiger partial charge in [0, 0.05) is 43.2 Å². The van der Waals surface area contributed by atoms with Crippen molar-refractivity contribution in [2.45, 2.75) is 39.7 Å². The third-order valence-corrected chi connectivity index (χ3v) is 6.10. The Labute approximate surface area is 194 Å². The normalized spacial score (nSPS) is 14.7. The van der Waals surface area contributed by atoms with Crippen LogP contribution in [0, 0.1) is 5.92 Å². The first-order valence-corrected chi connectivity index (χ1v) is 11.6. The Kier molecular flexibility index (Phi) is 6.00. The van der Waals surface area contributed by atoms with Gasteiger partial charge in [-0.2, -0.15) is 10.2 Å². The largest absolute Gasteiger partial charge is 0.323 e.